The minimum absolute atomic E-state index is 0.00839. The minimum atomic E-state index is -3.98. The lowest BCUT2D eigenvalue weighted by Crippen LogP contribution is -2.40. The predicted octanol–water partition coefficient (Wildman–Crippen LogP) is 0.746. The second-order valence-corrected chi connectivity index (χ2v) is 11.2. The van der Waals surface area contributed by atoms with Crippen LogP contribution < -0.4 is 5.14 Å². The second kappa shape index (κ2) is 9.65. The highest BCUT2D eigenvalue weighted by atomic mass is 32.3. The van der Waals surface area contributed by atoms with Crippen LogP contribution in [0.4, 0.5) is 0 Å². The summed E-state index contributed by atoms with van der Waals surface area (Å²) in [5, 5.41) is 5.19. The number of fused-ring (bicyclic) bond motifs is 1. The summed E-state index contributed by atoms with van der Waals surface area (Å²) in [5.41, 5.74) is 0.940. The Morgan fingerprint density at radius 2 is 1.82 bits per heavy atom. The Kier molecular flexibility index (Phi) is 8.02. The second-order valence-electron chi connectivity index (χ2n) is 6.33. The number of hydrogen-bond donors (Lipinski definition) is 1. The number of ether oxygens (including phenoxy) is 2. The van der Waals surface area contributed by atoms with Crippen LogP contribution in [0.2, 0.25) is 0 Å². The fourth-order valence-electron chi connectivity index (χ4n) is 2.85. The molecule has 0 bridgehead atoms. The number of sulfonamides is 2. The Bertz CT molecular complexity index is 900. The molecule has 2 rings (SSSR count). The molecular formula is C16H27N3O6S3. The Labute approximate surface area is 170 Å². The first kappa shape index (κ1) is 23.3. The first-order valence-corrected chi connectivity index (χ1v) is 12.6. The molecule has 0 aromatic carbocycles. The number of nitrogens with zero attached hydrogens (tertiary/aromatic N) is 2. The Morgan fingerprint density at radius 3 is 2.32 bits per heavy atom. The molecule has 0 atom stereocenters. The van der Waals surface area contributed by atoms with Crippen molar-refractivity contribution in [3.8, 4) is 0 Å². The molecule has 12 heteroatoms. The number of rotatable bonds is 11. The van der Waals surface area contributed by atoms with Crippen LogP contribution in [0.15, 0.2) is 20.2 Å². The topological polar surface area (TPSA) is 119 Å². The first-order chi connectivity index (χ1) is 13.1. The summed E-state index contributed by atoms with van der Waals surface area (Å²) in [6, 6.07) is 1.32. The van der Waals surface area contributed by atoms with E-state index >= 15 is 0 Å². The molecule has 9 nitrogen and oxygen atoms in total. The molecule has 2 N–H and O–H groups in total. The van der Waals surface area contributed by atoms with Gasteiger partial charge in [-0.2, -0.15) is 0 Å². The number of methoxy groups -OCH3 is 2. The van der Waals surface area contributed by atoms with Gasteiger partial charge in [-0.15, -0.1) is 11.3 Å². The van der Waals surface area contributed by atoms with Crippen molar-refractivity contribution in [2.24, 2.45) is 5.14 Å². The van der Waals surface area contributed by atoms with E-state index in [1.165, 1.54) is 10.4 Å². The molecule has 1 aromatic rings. The summed E-state index contributed by atoms with van der Waals surface area (Å²) in [7, 11) is -4.61. The molecule has 0 unspecified atom stereocenters. The average Bonchev–Trinajstić information content (AvgIpc) is 3.06. The van der Waals surface area contributed by atoms with Gasteiger partial charge in [-0.25, -0.2) is 22.0 Å². The number of primary sulfonamides is 1. The quantitative estimate of drug-likeness (QED) is 0.525. The maximum Gasteiger partial charge on any atom is 0.274 e. The van der Waals surface area contributed by atoms with Gasteiger partial charge in [-0.05, 0) is 18.6 Å². The molecule has 0 aliphatic carbocycles. The molecule has 1 aliphatic rings. The van der Waals surface area contributed by atoms with Crippen molar-refractivity contribution in [1.82, 2.24) is 9.21 Å². The molecule has 1 aromatic heterocycles. The fraction of sp³-hybridized carbons (Fsp3) is 0.625. The van der Waals surface area contributed by atoms with Crippen LogP contribution in [0.25, 0.3) is 6.08 Å². The zero-order valence-corrected chi connectivity index (χ0v) is 18.7. The van der Waals surface area contributed by atoms with Gasteiger partial charge in [0.25, 0.3) is 10.0 Å². The van der Waals surface area contributed by atoms with Gasteiger partial charge in [0.1, 0.15) is 8.42 Å². The summed E-state index contributed by atoms with van der Waals surface area (Å²) >= 11 is 0.687. The molecule has 1 aliphatic heterocycles. The van der Waals surface area contributed by atoms with E-state index in [4.69, 9.17) is 14.6 Å². The van der Waals surface area contributed by atoms with E-state index in [-0.39, 0.29) is 8.42 Å². The lowest BCUT2D eigenvalue weighted by atomic mass is 10.2. The van der Waals surface area contributed by atoms with Gasteiger partial charge in [-0.3, -0.25) is 9.21 Å². The molecule has 0 radical (unpaired) electrons. The van der Waals surface area contributed by atoms with Gasteiger partial charge < -0.3 is 9.47 Å². The molecule has 0 spiro atoms. The maximum atomic E-state index is 13.1. The SMILES string of the molecule is CCCN1C(CN(CCOC)CCOC)=Cc2cc(S(N)(=O)=O)sc2S1(=O)=O. The van der Waals surface area contributed by atoms with E-state index in [1.54, 1.807) is 20.3 Å². The standard InChI is InChI=1S/C16H27N3O6S3/c1-4-5-19-14(12-18(6-8-24-2)7-9-25-3)10-13-11-15(27(17,20)21)26-16(13)28(19,22)23/h10-11H,4-9,12H2,1-3H3,(H2,17,20,21). The minimum Gasteiger partial charge on any atom is -0.383 e. The van der Waals surface area contributed by atoms with Gasteiger partial charge in [0, 0.05) is 51.7 Å². The van der Waals surface area contributed by atoms with Crippen LogP contribution in [0.5, 0.6) is 0 Å². The summed E-state index contributed by atoms with van der Waals surface area (Å²) in [5.74, 6) is 0. The van der Waals surface area contributed by atoms with E-state index in [9.17, 15) is 16.8 Å². The van der Waals surface area contributed by atoms with Crippen molar-refractivity contribution >= 4 is 37.5 Å². The summed E-state index contributed by atoms with van der Waals surface area (Å²) in [6.45, 7) is 4.77. The number of thiophene rings is 1. The van der Waals surface area contributed by atoms with E-state index in [2.05, 4.69) is 0 Å². The van der Waals surface area contributed by atoms with Crippen LogP contribution in [-0.4, -0.2) is 79.7 Å². The van der Waals surface area contributed by atoms with Gasteiger partial charge in [0.2, 0.25) is 10.0 Å². The summed E-state index contributed by atoms with van der Waals surface area (Å²) in [4.78, 5) is 2.04. The summed E-state index contributed by atoms with van der Waals surface area (Å²) < 4.78 is 61.2. The van der Waals surface area contributed by atoms with Gasteiger partial charge in [0.05, 0.1) is 13.2 Å². The molecule has 0 saturated heterocycles. The monoisotopic (exact) mass is 453 g/mol. The smallest absolute Gasteiger partial charge is 0.274 e. The van der Waals surface area contributed by atoms with E-state index in [0.29, 0.717) is 68.4 Å². The average molecular weight is 454 g/mol. The highest BCUT2D eigenvalue weighted by Gasteiger charge is 2.35. The van der Waals surface area contributed by atoms with Gasteiger partial charge in [-0.1, -0.05) is 6.92 Å². The van der Waals surface area contributed by atoms with E-state index < -0.39 is 20.0 Å². The van der Waals surface area contributed by atoms with Crippen LogP contribution in [0, 0.1) is 0 Å². The fourth-order valence-corrected chi connectivity index (χ4v) is 7.03. The third-order valence-corrected chi connectivity index (χ3v) is 9.13. The van der Waals surface area contributed by atoms with Crippen molar-refractivity contribution in [2.75, 3.05) is 53.6 Å². The zero-order valence-electron chi connectivity index (χ0n) is 16.3. The van der Waals surface area contributed by atoms with E-state index in [0.717, 1.165) is 0 Å². The molecule has 0 saturated carbocycles. The lowest BCUT2D eigenvalue weighted by Gasteiger charge is -2.33. The molecule has 0 fully saturated rings. The van der Waals surface area contributed by atoms with Crippen molar-refractivity contribution < 1.29 is 26.3 Å². The van der Waals surface area contributed by atoms with Crippen LogP contribution in [-0.2, 0) is 29.5 Å². The molecular weight excluding hydrogens is 426 g/mol. The van der Waals surface area contributed by atoms with Crippen LogP contribution >= 0.6 is 11.3 Å². The molecule has 0 amide bonds. The van der Waals surface area contributed by atoms with Crippen LogP contribution in [0.3, 0.4) is 0 Å². The van der Waals surface area contributed by atoms with Gasteiger partial charge >= 0.3 is 0 Å². The van der Waals surface area contributed by atoms with E-state index in [1.807, 2.05) is 11.8 Å². The zero-order chi connectivity index (χ0) is 20.9. The maximum absolute atomic E-state index is 13.1. The van der Waals surface area contributed by atoms with Crippen molar-refractivity contribution in [1.29, 1.82) is 0 Å². The summed E-state index contributed by atoms with van der Waals surface area (Å²) in [6.07, 6.45) is 2.35. The highest BCUT2D eigenvalue weighted by Crippen LogP contribution is 2.38. The lowest BCUT2D eigenvalue weighted by molar-refractivity contribution is 0.117. The molecule has 2 heterocycles. The highest BCUT2D eigenvalue weighted by molar-refractivity contribution is 7.94. The largest absolute Gasteiger partial charge is 0.383 e. The molecule has 160 valence electrons. The Morgan fingerprint density at radius 1 is 1.21 bits per heavy atom. The normalized spacial score (nSPS) is 16.3. The van der Waals surface area contributed by atoms with Gasteiger partial charge in [0.15, 0.2) is 0 Å². The van der Waals surface area contributed by atoms with Crippen molar-refractivity contribution in [2.45, 2.75) is 21.8 Å². The Hall–Kier alpha value is -1.02. The van der Waals surface area contributed by atoms with Crippen LogP contribution in [0.1, 0.15) is 18.9 Å². The third-order valence-electron chi connectivity index (χ3n) is 4.19. The third kappa shape index (κ3) is 5.32. The number of hydrogen-bond acceptors (Lipinski definition) is 8. The first-order valence-electron chi connectivity index (χ1n) is 8.75. The number of nitrogens with two attached hydrogens (primary N) is 1. The predicted molar refractivity (Wildman–Crippen MR) is 108 cm³/mol. The van der Waals surface area contributed by atoms with Crippen molar-refractivity contribution in [3.05, 3.63) is 17.3 Å². The molecule has 28 heavy (non-hydrogen) atoms. The van der Waals surface area contributed by atoms with Crippen molar-refractivity contribution in [3.63, 3.8) is 0 Å². The Balaban J connectivity index is 2.45.